The summed E-state index contributed by atoms with van der Waals surface area (Å²) in [6.07, 6.45) is 1.13. The molecule has 0 saturated carbocycles. The first-order valence-corrected chi connectivity index (χ1v) is 7.47. The van der Waals surface area contributed by atoms with E-state index >= 15 is 0 Å². The number of hydrogen-bond acceptors (Lipinski definition) is 8. The van der Waals surface area contributed by atoms with Crippen LogP contribution < -0.4 is 9.47 Å². The van der Waals surface area contributed by atoms with Crippen molar-refractivity contribution in [2.45, 2.75) is 11.8 Å². The highest BCUT2D eigenvalue weighted by molar-refractivity contribution is 7.90. The van der Waals surface area contributed by atoms with Crippen LogP contribution in [0.3, 0.4) is 0 Å². The zero-order valence-corrected chi connectivity index (χ0v) is 12.2. The van der Waals surface area contributed by atoms with Gasteiger partial charge in [-0.15, -0.1) is 9.19 Å². The van der Waals surface area contributed by atoms with Gasteiger partial charge < -0.3 is 14.0 Å². The Kier molecular flexibility index (Phi) is 3.60. The van der Waals surface area contributed by atoms with Crippen molar-refractivity contribution in [1.82, 2.24) is 19.6 Å². The Hall–Kier alpha value is -2.76. The van der Waals surface area contributed by atoms with Crippen molar-refractivity contribution in [3.8, 4) is 11.5 Å². The zero-order chi connectivity index (χ0) is 16.6. The van der Waals surface area contributed by atoms with E-state index in [0.717, 1.165) is 10.3 Å². The molecule has 0 N–H and O–H groups in total. The Morgan fingerprint density at radius 2 is 1.91 bits per heavy atom. The quantitative estimate of drug-likeness (QED) is 0.687. The number of nitrogens with zero attached hydrogens (tertiary/aromatic N) is 4. The summed E-state index contributed by atoms with van der Waals surface area (Å²) in [5.74, 6) is 1.13. The molecule has 0 atom stereocenters. The molecule has 2 aromatic heterocycles. The molecular weight excluding hydrogens is 338 g/mol. The molecule has 0 spiro atoms. The van der Waals surface area contributed by atoms with Crippen LogP contribution >= 0.6 is 0 Å². The predicted octanol–water partition coefficient (Wildman–Crippen LogP) is 1.53. The number of aromatic nitrogens is 4. The van der Waals surface area contributed by atoms with E-state index in [4.69, 9.17) is 23.1 Å². The van der Waals surface area contributed by atoms with Crippen LogP contribution in [0.5, 0.6) is 11.5 Å². The summed E-state index contributed by atoms with van der Waals surface area (Å²) >= 11 is 0. The zero-order valence-electron chi connectivity index (χ0n) is 11.4. The van der Waals surface area contributed by atoms with Gasteiger partial charge in [-0.2, -0.15) is 8.42 Å². The van der Waals surface area contributed by atoms with Gasteiger partial charge in [-0.1, -0.05) is 10.4 Å². The molecule has 1 aliphatic rings. The Balaban J connectivity index is 0.000000753. The van der Waals surface area contributed by atoms with Crippen LogP contribution in [-0.2, 0) is 10.0 Å². The third kappa shape index (κ3) is 2.27. The maximum atomic E-state index is 12.6. The lowest BCUT2D eigenvalue weighted by Crippen LogP contribution is -2.14. The van der Waals surface area contributed by atoms with E-state index in [9.17, 15) is 8.42 Å². The average Bonchev–Trinajstić information content (AvgIpc) is 3.25. The maximum Gasteiger partial charge on any atom is 0.290 e. The van der Waals surface area contributed by atoms with Crippen LogP contribution in [0.25, 0.3) is 11.0 Å². The van der Waals surface area contributed by atoms with Crippen LogP contribution in [0.2, 0.25) is 0 Å². The minimum atomic E-state index is -3.94. The predicted molar refractivity (Wildman–Crippen MR) is 69.7 cm³/mol. The lowest BCUT2D eigenvalue weighted by molar-refractivity contribution is 0.108. The third-order valence-corrected chi connectivity index (χ3v) is 4.80. The third-order valence-electron chi connectivity index (χ3n) is 3.12. The molecule has 4 rings (SSSR count). The Labute approximate surface area is 127 Å². The highest BCUT2D eigenvalue weighted by atomic mass is 32.2. The summed E-state index contributed by atoms with van der Waals surface area (Å²) in [6.45, 7) is 1.60. The van der Waals surface area contributed by atoms with Crippen LogP contribution in [0.15, 0.2) is 27.7 Å². The highest BCUT2D eigenvalue weighted by Gasteiger charge is 2.27. The smallest absolute Gasteiger partial charge is 0.290 e. The molecule has 0 saturated heterocycles. The lowest BCUT2D eigenvalue weighted by atomic mass is 10.3. The van der Waals surface area contributed by atoms with E-state index in [-0.39, 0.29) is 17.4 Å². The molecule has 0 amide bonds. The fourth-order valence-corrected chi connectivity index (χ4v) is 3.40. The number of hydrogen-bond donors (Lipinski definition) is 0. The molecule has 1 aromatic carbocycles. The van der Waals surface area contributed by atoms with Gasteiger partial charge in [0.05, 0.1) is 6.20 Å². The van der Waals surface area contributed by atoms with Gasteiger partial charge in [0.2, 0.25) is 6.79 Å². The second-order valence-electron chi connectivity index (χ2n) is 4.38. The summed E-state index contributed by atoms with van der Waals surface area (Å²) in [5, 5.41) is 11.0. The lowest BCUT2D eigenvalue weighted by Gasteiger charge is -2.03. The Morgan fingerprint density at radius 1 is 1.22 bits per heavy atom. The number of ether oxygens (including phenoxy) is 2. The van der Waals surface area contributed by atoms with Crippen LogP contribution in [-0.4, -0.2) is 34.8 Å². The molecule has 12 heteroatoms. The van der Waals surface area contributed by atoms with Gasteiger partial charge in [-0.3, -0.25) is 0 Å². The van der Waals surface area contributed by atoms with E-state index in [1.165, 1.54) is 13.0 Å². The van der Waals surface area contributed by atoms with Crippen molar-refractivity contribution in [2.75, 3.05) is 6.79 Å². The number of aryl methyl sites for hydroxylation is 1. The first-order chi connectivity index (χ1) is 11.1. The average molecular weight is 346 g/mol. The van der Waals surface area contributed by atoms with Gasteiger partial charge in [-0.25, -0.2) is 0 Å². The van der Waals surface area contributed by atoms with Gasteiger partial charge in [0.25, 0.3) is 10.0 Å². The Bertz CT molecular complexity index is 968. The largest absolute Gasteiger partial charge is 0.454 e. The van der Waals surface area contributed by atoms with Gasteiger partial charge in [0.15, 0.2) is 22.2 Å². The van der Waals surface area contributed by atoms with Gasteiger partial charge in [0.1, 0.15) is 11.0 Å². The molecule has 23 heavy (non-hydrogen) atoms. The topological polar surface area (TPSA) is 109 Å². The minimum Gasteiger partial charge on any atom is -0.454 e. The molecule has 0 unspecified atom stereocenters. The Morgan fingerprint density at radius 3 is 2.57 bits per heavy atom. The van der Waals surface area contributed by atoms with Crippen LogP contribution in [0.1, 0.15) is 5.76 Å². The molecule has 9 nitrogen and oxygen atoms in total. The highest BCUT2D eigenvalue weighted by Crippen LogP contribution is 2.36. The normalized spacial score (nSPS) is 13.0. The second-order valence-corrected chi connectivity index (χ2v) is 6.11. The summed E-state index contributed by atoms with van der Waals surface area (Å²) in [7, 11) is -3.94. The van der Waals surface area contributed by atoms with E-state index in [1.54, 1.807) is 6.07 Å². The molecule has 0 radical (unpaired) electrons. The van der Waals surface area contributed by atoms with Gasteiger partial charge in [-0.05, 0) is 6.92 Å². The van der Waals surface area contributed by atoms with E-state index < -0.39 is 10.0 Å². The fraction of sp³-hybridized carbons (Fsp3) is 0.182. The second kappa shape index (κ2) is 5.46. The molecule has 1 aliphatic heterocycles. The summed E-state index contributed by atoms with van der Waals surface area (Å²) in [4.78, 5) is -0.0630. The van der Waals surface area contributed by atoms with Crippen LogP contribution in [0.4, 0.5) is 9.15 Å². The monoisotopic (exact) mass is 346 g/mol. The van der Waals surface area contributed by atoms with E-state index in [0.29, 0.717) is 22.5 Å². The first-order valence-electron chi connectivity index (χ1n) is 6.03. The van der Waals surface area contributed by atoms with Crippen LogP contribution in [0, 0.1) is 6.92 Å². The summed E-state index contributed by atoms with van der Waals surface area (Å²) in [6, 6.07) is 3.11. The van der Waals surface area contributed by atoms with Crippen molar-refractivity contribution in [2.24, 2.45) is 0 Å². The number of rotatable bonds is 2. The van der Waals surface area contributed by atoms with Crippen molar-refractivity contribution >= 4 is 21.1 Å². The first kappa shape index (κ1) is 15.1. The summed E-state index contributed by atoms with van der Waals surface area (Å²) in [5.41, 5.74) is 0.678. The number of benzene rings is 1. The molecule has 3 aromatic rings. The van der Waals surface area contributed by atoms with E-state index in [1.807, 2.05) is 0 Å². The minimum absolute atomic E-state index is 0.0630. The molecule has 0 bridgehead atoms. The standard InChI is InChI=1S/C11H8N4O5S.F2/c1-6-11(4-12-20-6)21(16,17)15-8-3-10-9(18-5-19-10)2-7(8)13-14-15;1-2/h2-4H,5H2,1H3;. The van der Waals surface area contributed by atoms with Gasteiger partial charge in [0, 0.05) is 21.3 Å². The SMILES string of the molecule is Cc1oncc1S(=O)(=O)n1nnc2cc3c(cc21)OCO3.FF. The van der Waals surface area contributed by atoms with Crippen molar-refractivity contribution < 1.29 is 31.6 Å². The molecule has 0 fully saturated rings. The van der Waals surface area contributed by atoms with Crippen molar-refractivity contribution in [3.63, 3.8) is 0 Å². The fourth-order valence-electron chi connectivity index (χ4n) is 2.10. The number of fused-ring (bicyclic) bond motifs is 2. The molecule has 122 valence electrons. The van der Waals surface area contributed by atoms with Crippen molar-refractivity contribution in [3.05, 3.63) is 24.1 Å². The molecular formula is C11H8F2N4O5S. The van der Waals surface area contributed by atoms with Crippen molar-refractivity contribution in [1.29, 1.82) is 0 Å². The molecule has 3 heterocycles. The summed E-state index contributed by atoms with van der Waals surface area (Å²) < 4.78 is 57.2. The molecule has 0 aliphatic carbocycles. The van der Waals surface area contributed by atoms with Gasteiger partial charge >= 0.3 is 0 Å². The number of halogens is 2. The van der Waals surface area contributed by atoms with E-state index in [2.05, 4.69) is 15.5 Å². The maximum absolute atomic E-state index is 12.6.